The molecule has 2 saturated heterocycles. The van der Waals surface area contributed by atoms with Crippen LogP contribution in [-0.2, 0) is 35.5 Å². The minimum Gasteiger partial charge on any atom is -0.350 e. The van der Waals surface area contributed by atoms with Crippen molar-refractivity contribution in [3.63, 3.8) is 0 Å². The summed E-state index contributed by atoms with van der Waals surface area (Å²) >= 11 is 6.16. The maximum atomic E-state index is 13.5. The normalized spacial score (nSPS) is 19.9. The highest BCUT2D eigenvalue weighted by atomic mass is 35.5. The molecule has 2 N–H and O–H groups in total. The van der Waals surface area contributed by atoms with Crippen molar-refractivity contribution in [1.29, 1.82) is 0 Å². The molecule has 3 heterocycles. The van der Waals surface area contributed by atoms with Gasteiger partial charge in [0, 0.05) is 43.7 Å². The zero-order chi connectivity index (χ0) is 28.9. The average molecular weight is 622 g/mol. The maximum Gasteiger partial charge on any atom is 0.237 e. The van der Waals surface area contributed by atoms with Crippen LogP contribution >= 0.6 is 24.0 Å². The molecule has 0 spiro atoms. The smallest absolute Gasteiger partial charge is 0.237 e. The molecule has 6 nitrogen and oxygen atoms in total. The molecule has 2 atom stereocenters. The van der Waals surface area contributed by atoms with Crippen LogP contribution in [0.25, 0.3) is 0 Å². The first-order valence-electron chi connectivity index (χ1n) is 15.4. The highest BCUT2D eigenvalue weighted by Gasteiger charge is 2.29. The van der Waals surface area contributed by atoms with Crippen molar-refractivity contribution >= 4 is 35.8 Å². The summed E-state index contributed by atoms with van der Waals surface area (Å²) in [5, 5.41) is 7.58. The van der Waals surface area contributed by atoms with Gasteiger partial charge in [-0.25, -0.2) is 0 Å². The number of hydrogen-bond acceptors (Lipinski definition) is 4. The number of nitrogens with one attached hydrogen (secondary N) is 2. The Bertz CT molecular complexity index is 1390. The number of halogens is 2. The Labute approximate surface area is 266 Å². The lowest BCUT2D eigenvalue weighted by molar-refractivity contribution is -0.128. The summed E-state index contributed by atoms with van der Waals surface area (Å²) in [7, 11) is 0. The van der Waals surface area contributed by atoms with Gasteiger partial charge < -0.3 is 20.4 Å². The molecule has 8 heteroatoms. The molecule has 0 radical (unpaired) electrons. The van der Waals surface area contributed by atoms with Crippen molar-refractivity contribution in [1.82, 2.24) is 20.4 Å². The van der Waals surface area contributed by atoms with E-state index in [9.17, 15) is 9.59 Å². The molecule has 6 rings (SSSR count). The van der Waals surface area contributed by atoms with Crippen LogP contribution in [-0.4, -0.2) is 59.9 Å². The molecule has 0 saturated carbocycles. The largest absolute Gasteiger partial charge is 0.350 e. The van der Waals surface area contributed by atoms with Crippen LogP contribution in [0.1, 0.15) is 59.4 Å². The van der Waals surface area contributed by atoms with Gasteiger partial charge in [-0.15, -0.1) is 12.4 Å². The van der Waals surface area contributed by atoms with Crippen molar-refractivity contribution < 1.29 is 9.59 Å². The van der Waals surface area contributed by atoms with Crippen LogP contribution in [0.4, 0.5) is 0 Å². The summed E-state index contributed by atoms with van der Waals surface area (Å²) in [5.41, 5.74) is 6.39. The quantitative estimate of drug-likeness (QED) is 0.331. The molecule has 0 bridgehead atoms. The fourth-order valence-electron chi connectivity index (χ4n) is 6.90. The predicted molar refractivity (Wildman–Crippen MR) is 175 cm³/mol. The zero-order valence-corrected chi connectivity index (χ0v) is 26.2. The Hall–Kier alpha value is -2.90. The minimum atomic E-state index is -0.225. The zero-order valence-electron chi connectivity index (χ0n) is 24.6. The Balaban J connectivity index is 0.00000368. The third-order valence-corrected chi connectivity index (χ3v) is 9.49. The number of hydrogen-bond donors (Lipinski definition) is 2. The summed E-state index contributed by atoms with van der Waals surface area (Å²) in [5.74, 6) is 0.843. The number of carbonyl (C=O) groups is 2. The van der Waals surface area contributed by atoms with Crippen molar-refractivity contribution in [3.8, 4) is 0 Å². The fraction of sp³-hybridized carbons (Fsp3) is 0.429. The highest BCUT2D eigenvalue weighted by Crippen LogP contribution is 2.32. The summed E-state index contributed by atoms with van der Waals surface area (Å²) in [6, 6.07) is 24.8. The number of rotatable bonds is 9. The molecule has 0 unspecified atom stereocenters. The minimum absolute atomic E-state index is 0. The average Bonchev–Trinajstić information content (AvgIpc) is 3.42. The second-order valence-corrected chi connectivity index (χ2v) is 12.6. The Morgan fingerprint density at radius 1 is 0.953 bits per heavy atom. The van der Waals surface area contributed by atoms with Gasteiger partial charge in [0.15, 0.2) is 0 Å². The van der Waals surface area contributed by atoms with Crippen LogP contribution in [0, 0.1) is 0 Å². The molecular weight excluding hydrogens is 579 g/mol. The number of fused-ring (bicyclic) bond motifs is 1. The molecule has 0 aromatic heterocycles. The predicted octanol–water partition coefficient (Wildman–Crippen LogP) is 5.51. The summed E-state index contributed by atoms with van der Waals surface area (Å²) in [4.78, 5) is 30.3. The van der Waals surface area contributed by atoms with Crippen LogP contribution in [0.2, 0.25) is 5.02 Å². The lowest BCUT2D eigenvalue weighted by atomic mass is 9.86. The lowest BCUT2D eigenvalue weighted by Gasteiger charge is -2.36. The lowest BCUT2D eigenvalue weighted by Crippen LogP contribution is -2.54. The van der Waals surface area contributed by atoms with E-state index < -0.39 is 0 Å². The van der Waals surface area contributed by atoms with E-state index in [2.05, 4.69) is 76.2 Å². The van der Waals surface area contributed by atoms with E-state index >= 15 is 0 Å². The SMILES string of the molecule is Cl.O=C(N[C@H](Cc1ccc(Cl)cc1)CN1CCC(c2ccccc2CN2CCCC2=O)CC1)[C@@H]1Cc2ccccc2CN1. The first-order valence-corrected chi connectivity index (χ1v) is 15.8. The van der Waals surface area contributed by atoms with E-state index in [1.165, 1.54) is 27.8 Å². The van der Waals surface area contributed by atoms with Crippen molar-refractivity contribution in [2.45, 2.75) is 69.6 Å². The number of nitrogens with zero attached hydrogens (tertiary/aromatic N) is 2. The van der Waals surface area contributed by atoms with Crippen molar-refractivity contribution in [2.75, 3.05) is 26.2 Å². The van der Waals surface area contributed by atoms with Crippen LogP contribution < -0.4 is 10.6 Å². The third kappa shape index (κ3) is 7.98. The molecule has 0 aliphatic carbocycles. The summed E-state index contributed by atoms with van der Waals surface area (Å²) < 4.78 is 0. The molecule has 3 aromatic carbocycles. The summed E-state index contributed by atoms with van der Waals surface area (Å²) in [6.07, 6.45) is 5.28. The monoisotopic (exact) mass is 620 g/mol. The standard InChI is InChI=1S/C35H41ClN4O2.ClH/c36-30-13-11-25(12-14-30)20-31(38-35(42)33-21-27-6-1-2-7-28(27)22-37-33)24-39-18-15-26(16-19-39)32-9-4-3-8-29(32)23-40-17-5-10-34(40)41;/h1-4,6-9,11-14,26,31,33,37H,5,10,15-24H2,(H,38,42);1H/t31-,33+;/m1./s1. The van der Waals surface area contributed by atoms with Gasteiger partial charge in [-0.3, -0.25) is 9.59 Å². The number of likely N-dealkylation sites (tertiary alicyclic amines) is 2. The van der Waals surface area contributed by atoms with Gasteiger partial charge in [0.2, 0.25) is 11.8 Å². The van der Waals surface area contributed by atoms with Crippen LogP contribution in [0.3, 0.4) is 0 Å². The molecule has 43 heavy (non-hydrogen) atoms. The van der Waals surface area contributed by atoms with Gasteiger partial charge in [-0.1, -0.05) is 72.3 Å². The van der Waals surface area contributed by atoms with Crippen molar-refractivity contribution in [2.24, 2.45) is 0 Å². The van der Waals surface area contributed by atoms with E-state index in [1.54, 1.807) is 0 Å². The summed E-state index contributed by atoms with van der Waals surface area (Å²) in [6.45, 7) is 5.11. The van der Waals surface area contributed by atoms with Gasteiger partial charge >= 0.3 is 0 Å². The molecule has 3 aliphatic heterocycles. The van der Waals surface area contributed by atoms with E-state index in [-0.39, 0.29) is 36.3 Å². The number of benzene rings is 3. The molecule has 228 valence electrons. The Morgan fingerprint density at radius 2 is 1.67 bits per heavy atom. The Kier molecular flexibility index (Phi) is 10.8. The second kappa shape index (κ2) is 14.7. The van der Waals surface area contributed by atoms with Gasteiger partial charge in [0.1, 0.15) is 0 Å². The van der Waals surface area contributed by atoms with Gasteiger partial charge in [0.25, 0.3) is 0 Å². The second-order valence-electron chi connectivity index (χ2n) is 12.1. The molecule has 2 amide bonds. The highest BCUT2D eigenvalue weighted by molar-refractivity contribution is 6.30. The van der Waals surface area contributed by atoms with E-state index in [1.807, 2.05) is 17.0 Å². The number of amides is 2. The topological polar surface area (TPSA) is 64.7 Å². The number of carbonyl (C=O) groups excluding carboxylic acids is 2. The fourth-order valence-corrected chi connectivity index (χ4v) is 7.03. The van der Waals surface area contributed by atoms with Crippen LogP contribution in [0.5, 0.6) is 0 Å². The van der Waals surface area contributed by atoms with Gasteiger partial charge in [0.05, 0.1) is 6.04 Å². The van der Waals surface area contributed by atoms with E-state index in [0.29, 0.717) is 18.8 Å². The number of piperidine rings is 1. The molecule has 3 aliphatic rings. The van der Waals surface area contributed by atoms with Crippen molar-refractivity contribution in [3.05, 3.63) is 106 Å². The van der Waals surface area contributed by atoms with E-state index in [4.69, 9.17) is 11.6 Å². The maximum absolute atomic E-state index is 13.5. The van der Waals surface area contributed by atoms with E-state index in [0.717, 1.165) is 70.0 Å². The first kappa shape index (κ1) is 31.5. The molecule has 2 fully saturated rings. The molecular formula is C35H42Cl2N4O2. The van der Waals surface area contributed by atoms with Gasteiger partial charge in [-0.2, -0.15) is 0 Å². The third-order valence-electron chi connectivity index (χ3n) is 9.23. The van der Waals surface area contributed by atoms with Gasteiger partial charge in [-0.05, 0) is 91.1 Å². The first-order chi connectivity index (χ1) is 20.5. The van der Waals surface area contributed by atoms with Crippen LogP contribution in [0.15, 0.2) is 72.8 Å². The Morgan fingerprint density at radius 3 is 2.42 bits per heavy atom. The molecule has 3 aromatic rings.